The fourth-order valence-corrected chi connectivity index (χ4v) is 5.96. The number of rotatable bonds is 6. The molecular formula is C32H33N7O. The first-order chi connectivity index (χ1) is 19.6. The van der Waals surface area contributed by atoms with Crippen molar-refractivity contribution in [2.45, 2.75) is 24.8 Å². The molecular weight excluding hydrogens is 498 g/mol. The number of morpholine rings is 1. The minimum Gasteiger partial charge on any atom is -0.383 e. The Morgan fingerprint density at radius 3 is 2.30 bits per heavy atom. The zero-order chi connectivity index (χ0) is 27.1. The Balaban J connectivity index is 1.33. The van der Waals surface area contributed by atoms with E-state index in [1.54, 1.807) is 6.20 Å². The molecule has 3 aromatic heterocycles. The number of nitrogens with zero attached hydrogens (tertiary/aromatic N) is 5. The van der Waals surface area contributed by atoms with Crippen LogP contribution in [0, 0.1) is 0 Å². The summed E-state index contributed by atoms with van der Waals surface area (Å²) in [6.07, 6.45) is 5.26. The molecule has 202 valence electrons. The second-order valence-corrected chi connectivity index (χ2v) is 10.6. The van der Waals surface area contributed by atoms with Gasteiger partial charge in [-0.25, -0.2) is 15.0 Å². The summed E-state index contributed by atoms with van der Waals surface area (Å²) in [6, 6.07) is 25.3. The molecule has 1 saturated carbocycles. The van der Waals surface area contributed by atoms with Crippen LogP contribution in [0.3, 0.4) is 0 Å². The Bertz CT molecular complexity index is 1640. The molecule has 5 aromatic rings. The fraction of sp³-hybridized carbons (Fsp3) is 0.281. The van der Waals surface area contributed by atoms with Gasteiger partial charge in [0, 0.05) is 41.8 Å². The fourth-order valence-electron chi connectivity index (χ4n) is 5.96. The first kappa shape index (κ1) is 24.7. The summed E-state index contributed by atoms with van der Waals surface area (Å²) in [4.78, 5) is 16.8. The summed E-state index contributed by atoms with van der Waals surface area (Å²) in [5.41, 5.74) is 14.3. The lowest BCUT2D eigenvalue weighted by Crippen LogP contribution is -2.45. The first-order valence-electron chi connectivity index (χ1n) is 14.0. The maximum atomic E-state index is 6.34. The molecule has 2 aromatic carbocycles. The van der Waals surface area contributed by atoms with Crippen molar-refractivity contribution in [3.63, 3.8) is 0 Å². The third kappa shape index (κ3) is 4.20. The molecule has 0 atom stereocenters. The van der Waals surface area contributed by atoms with Gasteiger partial charge in [0.2, 0.25) is 0 Å². The van der Waals surface area contributed by atoms with Crippen LogP contribution in [-0.2, 0) is 10.3 Å². The monoisotopic (exact) mass is 531 g/mol. The van der Waals surface area contributed by atoms with E-state index in [1.807, 2.05) is 24.3 Å². The molecule has 0 spiro atoms. The highest BCUT2D eigenvalue weighted by Crippen LogP contribution is 2.41. The standard InChI is InChI=1S/C32H33N7O/c1-34-32(15-3-16-32)23-7-11-25(12-8-23)39-30(26-4-2-17-35-29(26)33)37-28-14-13-27(36-31(28)39)22-5-9-24(10-6-22)38-18-20-40-21-19-38/h2,4-14,17,34H,3,15-16,18-21H2,1H3,(H2,33,35). The normalized spacial score (nSPS) is 16.7. The molecule has 4 heterocycles. The van der Waals surface area contributed by atoms with Crippen molar-refractivity contribution in [1.82, 2.24) is 24.8 Å². The Morgan fingerprint density at radius 1 is 0.875 bits per heavy atom. The van der Waals surface area contributed by atoms with Crippen molar-refractivity contribution in [2.24, 2.45) is 0 Å². The molecule has 1 aliphatic carbocycles. The number of anilines is 2. The largest absolute Gasteiger partial charge is 0.383 e. The number of aromatic nitrogens is 4. The molecule has 2 fully saturated rings. The molecule has 0 bridgehead atoms. The van der Waals surface area contributed by atoms with Crippen LogP contribution in [0.5, 0.6) is 0 Å². The topological polar surface area (TPSA) is 94.1 Å². The Morgan fingerprint density at radius 2 is 1.62 bits per heavy atom. The maximum Gasteiger partial charge on any atom is 0.165 e. The second-order valence-electron chi connectivity index (χ2n) is 10.6. The van der Waals surface area contributed by atoms with Crippen molar-refractivity contribution in [3.8, 4) is 28.3 Å². The number of nitrogen functional groups attached to an aromatic ring is 1. The lowest BCUT2D eigenvalue weighted by molar-refractivity contribution is 0.122. The summed E-state index contributed by atoms with van der Waals surface area (Å²) in [5, 5.41) is 3.54. The highest BCUT2D eigenvalue weighted by Gasteiger charge is 2.36. The van der Waals surface area contributed by atoms with Gasteiger partial charge in [-0.05, 0) is 80.4 Å². The average Bonchev–Trinajstić information content (AvgIpc) is 3.37. The number of benzene rings is 2. The van der Waals surface area contributed by atoms with Crippen molar-refractivity contribution < 1.29 is 4.74 Å². The van der Waals surface area contributed by atoms with Gasteiger partial charge in [-0.2, -0.15) is 0 Å². The minimum atomic E-state index is 0.0744. The van der Waals surface area contributed by atoms with Gasteiger partial charge in [-0.15, -0.1) is 0 Å². The zero-order valence-electron chi connectivity index (χ0n) is 22.7. The second kappa shape index (κ2) is 10.0. The van der Waals surface area contributed by atoms with E-state index in [1.165, 1.54) is 17.7 Å². The minimum absolute atomic E-state index is 0.0744. The molecule has 2 aliphatic rings. The number of hydrogen-bond acceptors (Lipinski definition) is 7. The zero-order valence-corrected chi connectivity index (χ0v) is 22.7. The van der Waals surface area contributed by atoms with E-state index in [2.05, 4.69) is 75.3 Å². The van der Waals surface area contributed by atoms with Crippen LogP contribution in [0.2, 0.25) is 0 Å². The predicted molar refractivity (Wildman–Crippen MR) is 160 cm³/mol. The van der Waals surface area contributed by atoms with E-state index in [0.717, 1.165) is 78.6 Å². The molecule has 3 N–H and O–H groups in total. The van der Waals surface area contributed by atoms with E-state index in [-0.39, 0.29) is 5.54 Å². The van der Waals surface area contributed by atoms with Crippen LogP contribution in [0.25, 0.3) is 39.5 Å². The number of nitrogens with one attached hydrogen (secondary N) is 1. The summed E-state index contributed by atoms with van der Waals surface area (Å²) in [7, 11) is 2.05. The quantitative estimate of drug-likeness (QED) is 0.312. The van der Waals surface area contributed by atoms with Gasteiger partial charge < -0.3 is 20.7 Å². The number of ether oxygens (including phenoxy) is 1. The van der Waals surface area contributed by atoms with Gasteiger partial charge in [0.1, 0.15) is 11.3 Å². The van der Waals surface area contributed by atoms with E-state index >= 15 is 0 Å². The smallest absolute Gasteiger partial charge is 0.165 e. The predicted octanol–water partition coefficient (Wildman–Crippen LogP) is 5.17. The number of nitrogens with two attached hydrogens (primary N) is 1. The summed E-state index contributed by atoms with van der Waals surface area (Å²) < 4.78 is 7.61. The molecule has 0 unspecified atom stereocenters. The van der Waals surface area contributed by atoms with Gasteiger partial charge in [0.25, 0.3) is 0 Å². The van der Waals surface area contributed by atoms with Gasteiger partial charge in [0.15, 0.2) is 11.5 Å². The van der Waals surface area contributed by atoms with Crippen LogP contribution in [0.15, 0.2) is 79.0 Å². The SMILES string of the molecule is CNC1(c2ccc(-n3c(-c4cccnc4N)nc4ccc(-c5ccc(N6CCOCC6)cc5)nc43)cc2)CCC1. The first-order valence-corrected chi connectivity index (χ1v) is 14.0. The van der Waals surface area contributed by atoms with E-state index in [4.69, 9.17) is 20.4 Å². The summed E-state index contributed by atoms with van der Waals surface area (Å²) >= 11 is 0. The number of imidazole rings is 1. The van der Waals surface area contributed by atoms with Gasteiger partial charge in [-0.3, -0.25) is 4.57 Å². The third-order valence-electron chi connectivity index (χ3n) is 8.49. The van der Waals surface area contributed by atoms with Gasteiger partial charge in [0.05, 0.1) is 24.5 Å². The number of fused-ring (bicyclic) bond motifs is 1. The lowest BCUT2D eigenvalue weighted by atomic mass is 9.72. The Labute approximate surface area is 233 Å². The van der Waals surface area contributed by atoms with Crippen LogP contribution >= 0.6 is 0 Å². The number of hydrogen-bond donors (Lipinski definition) is 2. The van der Waals surface area contributed by atoms with Crippen LogP contribution in [-0.4, -0.2) is 52.9 Å². The molecule has 40 heavy (non-hydrogen) atoms. The molecule has 1 aliphatic heterocycles. The molecule has 8 nitrogen and oxygen atoms in total. The Kier molecular flexibility index (Phi) is 6.21. The summed E-state index contributed by atoms with van der Waals surface area (Å²) in [5.74, 6) is 1.17. The maximum absolute atomic E-state index is 6.34. The highest BCUT2D eigenvalue weighted by atomic mass is 16.5. The number of pyridine rings is 2. The molecule has 0 radical (unpaired) electrons. The van der Waals surface area contributed by atoms with Crippen molar-refractivity contribution in [2.75, 3.05) is 44.0 Å². The van der Waals surface area contributed by atoms with Crippen LogP contribution < -0.4 is 16.0 Å². The van der Waals surface area contributed by atoms with Crippen molar-refractivity contribution >= 4 is 22.7 Å². The molecule has 7 rings (SSSR count). The van der Waals surface area contributed by atoms with E-state index < -0.39 is 0 Å². The lowest BCUT2D eigenvalue weighted by Gasteiger charge is -2.42. The molecule has 1 saturated heterocycles. The van der Waals surface area contributed by atoms with E-state index in [9.17, 15) is 0 Å². The van der Waals surface area contributed by atoms with Crippen molar-refractivity contribution in [3.05, 3.63) is 84.6 Å². The van der Waals surface area contributed by atoms with E-state index in [0.29, 0.717) is 5.82 Å². The van der Waals surface area contributed by atoms with Crippen LogP contribution in [0.1, 0.15) is 24.8 Å². The summed E-state index contributed by atoms with van der Waals surface area (Å²) in [6.45, 7) is 3.36. The average molecular weight is 532 g/mol. The van der Waals surface area contributed by atoms with Gasteiger partial charge >= 0.3 is 0 Å². The molecule has 0 amide bonds. The van der Waals surface area contributed by atoms with Crippen LogP contribution in [0.4, 0.5) is 11.5 Å². The Hall–Kier alpha value is -4.27. The van der Waals surface area contributed by atoms with Gasteiger partial charge in [-0.1, -0.05) is 24.3 Å². The third-order valence-corrected chi connectivity index (χ3v) is 8.49. The van der Waals surface area contributed by atoms with Crippen molar-refractivity contribution in [1.29, 1.82) is 0 Å². The molecule has 8 heteroatoms. The highest BCUT2D eigenvalue weighted by molar-refractivity contribution is 5.84.